The molecule has 1 aliphatic rings. The van der Waals surface area contributed by atoms with Crippen molar-refractivity contribution in [1.29, 1.82) is 0 Å². The Balaban J connectivity index is 0.000000328. The lowest BCUT2D eigenvalue weighted by molar-refractivity contribution is -0.134. The van der Waals surface area contributed by atoms with Crippen molar-refractivity contribution >= 4 is 11.8 Å². The molecule has 0 spiro atoms. The van der Waals surface area contributed by atoms with Crippen LogP contribution in [0.15, 0.2) is 48.5 Å². The summed E-state index contributed by atoms with van der Waals surface area (Å²) in [5.74, 6) is -0.0207. The summed E-state index contributed by atoms with van der Waals surface area (Å²) in [5, 5.41) is 7.42. The van der Waals surface area contributed by atoms with Crippen LogP contribution in [0.5, 0.6) is 5.75 Å². The van der Waals surface area contributed by atoms with E-state index in [0.29, 0.717) is 0 Å². The van der Waals surface area contributed by atoms with Crippen LogP contribution in [-0.4, -0.2) is 23.5 Å². The average Bonchev–Trinajstić information content (AvgIpc) is 2.57. The molecule has 0 bridgehead atoms. The molecule has 0 saturated carbocycles. The normalized spacial score (nSPS) is 11.9. The maximum Gasteiger partial charge on any atom is 0.300 e. The Labute approximate surface area is 116 Å². The first-order valence-electron chi connectivity index (χ1n) is 6.13. The molecule has 1 aliphatic heterocycles. The molecule has 1 N–H and O–H groups in total. The number of benzene rings is 2. The van der Waals surface area contributed by atoms with E-state index in [1.807, 2.05) is 48.5 Å². The van der Waals surface area contributed by atoms with Crippen LogP contribution in [0, 0.1) is 0 Å². The smallest absolute Gasteiger partial charge is 0.300 e. The lowest BCUT2D eigenvalue weighted by Gasteiger charge is -2.06. The summed E-state index contributed by atoms with van der Waals surface area (Å²) in [6, 6.07) is 15.4. The molecule has 4 heteroatoms. The Morgan fingerprint density at radius 2 is 1.50 bits per heavy atom. The number of carboxylic acids is 1. The van der Waals surface area contributed by atoms with Crippen LogP contribution in [0.1, 0.15) is 17.3 Å². The summed E-state index contributed by atoms with van der Waals surface area (Å²) in [6.07, 6.45) is 0. The predicted octanol–water partition coefficient (Wildman–Crippen LogP) is 3.02. The zero-order valence-electron chi connectivity index (χ0n) is 11.0. The topological polar surface area (TPSA) is 63.6 Å². The van der Waals surface area contributed by atoms with Gasteiger partial charge in [0.25, 0.3) is 5.97 Å². The Hall–Kier alpha value is -2.62. The number of Topliss-reactive ketones (excluding diaryl/α,β-unsaturated/α-hetero) is 1. The minimum atomic E-state index is -0.833. The number of hydrogen-bond donors (Lipinski definition) is 1. The molecule has 2 aromatic rings. The fourth-order valence-electron chi connectivity index (χ4n) is 2.00. The van der Waals surface area contributed by atoms with Crippen molar-refractivity contribution in [2.24, 2.45) is 0 Å². The zero-order chi connectivity index (χ0) is 14.5. The van der Waals surface area contributed by atoms with Crippen LogP contribution in [0.4, 0.5) is 0 Å². The molecule has 102 valence electrons. The van der Waals surface area contributed by atoms with Gasteiger partial charge >= 0.3 is 0 Å². The van der Waals surface area contributed by atoms with E-state index in [0.717, 1.165) is 29.4 Å². The van der Waals surface area contributed by atoms with Crippen LogP contribution in [0.25, 0.3) is 11.1 Å². The van der Waals surface area contributed by atoms with Crippen molar-refractivity contribution in [3.05, 3.63) is 54.1 Å². The summed E-state index contributed by atoms with van der Waals surface area (Å²) >= 11 is 0. The Morgan fingerprint density at radius 1 is 1.00 bits per heavy atom. The summed E-state index contributed by atoms with van der Waals surface area (Å²) in [4.78, 5) is 20.8. The molecule has 20 heavy (non-hydrogen) atoms. The molecule has 0 atom stereocenters. The number of aliphatic carboxylic acids is 1. The molecule has 3 rings (SSSR count). The predicted molar refractivity (Wildman–Crippen MR) is 75.0 cm³/mol. The van der Waals surface area contributed by atoms with E-state index in [1.165, 1.54) is 0 Å². The lowest BCUT2D eigenvalue weighted by Crippen LogP contribution is -2.09. The van der Waals surface area contributed by atoms with Gasteiger partial charge in [0.05, 0.1) is 0 Å². The number of carbonyl (C=O) groups excluding carboxylic acids is 1. The second-order valence-electron chi connectivity index (χ2n) is 4.27. The van der Waals surface area contributed by atoms with E-state index in [-0.39, 0.29) is 12.4 Å². The summed E-state index contributed by atoms with van der Waals surface area (Å²) in [6.45, 7) is 1.20. The third kappa shape index (κ3) is 3.03. The van der Waals surface area contributed by atoms with Crippen molar-refractivity contribution in [2.45, 2.75) is 6.92 Å². The standard InChI is InChI=1S/C14H10O2.C2H4O2/c15-13-9-16-14-8-4-3-7-12(14)10-5-1-2-6-11(10)13;1-2(3)4/h1-8H,9H2;1H3,(H,3,4). The average molecular weight is 270 g/mol. The van der Waals surface area contributed by atoms with Gasteiger partial charge in [0.15, 0.2) is 6.61 Å². The number of ketones is 1. The molecule has 0 aliphatic carbocycles. The second-order valence-corrected chi connectivity index (χ2v) is 4.27. The summed E-state index contributed by atoms with van der Waals surface area (Å²) in [7, 11) is 0. The Bertz CT molecular complexity index is 642. The van der Waals surface area contributed by atoms with Crippen molar-refractivity contribution < 1.29 is 19.4 Å². The maximum atomic E-state index is 11.8. The highest BCUT2D eigenvalue weighted by atomic mass is 16.5. The summed E-state index contributed by atoms with van der Waals surface area (Å²) in [5.41, 5.74) is 2.69. The van der Waals surface area contributed by atoms with Gasteiger partial charge in [-0.1, -0.05) is 42.5 Å². The van der Waals surface area contributed by atoms with Gasteiger partial charge in [-0.2, -0.15) is 0 Å². The molecule has 0 amide bonds. The minimum Gasteiger partial charge on any atom is -0.485 e. The monoisotopic (exact) mass is 270 g/mol. The molecular formula is C16H14O4. The second kappa shape index (κ2) is 6.02. The Kier molecular flexibility index (Phi) is 4.15. The number of ether oxygens (including phenoxy) is 1. The van der Waals surface area contributed by atoms with Gasteiger partial charge in [0.2, 0.25) is 5.78 Å². The molecule has 0 aromatic heterocycles. The molecule has 4 nitrogen and oxygen atoms in total. The van der Waals surface area contributed by atoms with Gasteiger partial charge < -0.3 is 9.84 Å². The lowest BCUT2D eigenvalue weighted by atomic mass is 9.98. The van der Waals surface area contributed by atoms with Gasteiger partial charge in [-0.15, -0.1) is 0 Å². The number of carbonyl (C=O) groups is 2. The molecule has 0 fully saturated rings. The van der Waals surface area contributed by atoms with E-state index in [1.54, 1.807) is 0 Å². The van der Waals surface area contributed by atoms with E-state index in [9.17, 15) is 4.79 Å². The first kappa shape index (κ1) is 13.8. The van der Waals surface area contributed by atoms with E-state index in [4.69, 9.17) is 14.6 Å². The molecule has 0 radical (unpaired) electrons. The van der Waals surface area contributed by atoms with Gasteiger partial charge in [-0.25, -0.2) is 0 Å². The van der Waals surface area contributed by atoms with Crippen LogP contribution in [0.3, 0.4) is 0 Å². The fraction of sp³-hybridized carbons (Fsp3) is 0.125. The first-order valence-corrected chi connectivity index (χ1v) is 6.13. The molecule has 2 aromatic carbocycles. The Morgan fingerprint density at radius 3 is 2.15 bits per heavy atom. The SMILES string of the molecule is CC(=O)O.O=C1COc2ccccc2-c2ccccc21. The molecular weight excluding hydrogens is 256 g/mol. The van der Waals surface area contributed by atoms with E-state index >= 15 is 0 Å². The highest BCUT2D eigenvalue weighted by Gasteiger charge is 2.19. The number of carboxylic acid groups (broad SMARTS) is 1. The summed E-state index contributed by atoms with van der Waals surface area (Å²) < 4.78 is 5.49. The first-order chi connectivity index (χ1) is 9.59. The van der Waals surface area contributed by atoms with Gasteiger partial charge in [-0.05, 0) is 11.6 Å². The number of hydrogen-bond acceptors (Lipinski definition) is 3. The third-order valence-electron chi connectivity index (χ3n) is 2.76. The van der Waals surface area contributed by atoms with Crippen LogP contribution in [-0.2, 0) is 4.79 Å². The van der Waals surface area contributed by atoms with Gasteiger partial charge in [-0.3, -0.25) is 9.59 Å². The van der Waals surface area contributed by atoms with Crippen molar-refractivity contribution in [1.82, 2.24) is 0 Å². The molecule has 1 heterocycles. The zero-order valence-corrected chi connectivity index (χ0v) is 11.0. The minimum absolute atomic E-state index is 0.0341. The number of rotatable bonds is 0. The van der Waals surface area contributed by atoms with E-state index in [2.05, 4.69) is 0 Å². The number of para-hydroxylation sites is 1. The van der Waals surface area contributed by atoms with Crippen LogP contribution >= 0.6 is 0 Å². The van der Waals surface area contributed by atoms with Crippen LogP contribution < -0.4 is 4.74 Å². The van der Waals surface area contributed by atoms with Crippen LogP contribution in [0.2, 0.25) is 0 Å². The quantitative estimate of drug-likeness (QED) is 0.799. The number of fused-ring (bicyclic) bond motifs is 3. The van der Waals surface area contributed by atoms with Crippen molar-refractivity contribution in [3.63, 3.8) is 0 Å². The van der Waals surface area contributed by atoms with Crippen molar-refractivity contribution in [2.75, 3.05) is 6.61 Å². The highest BCUT2D eigenvalue weighted by molar-refractivity contribution is 6.04. The van der Waals surface area contributed by atoms with E-state index < -0.39 is 5.97 Å². The van der Waals surface area contributed by atoms with Gasteiger partial charge in [0, 0.05) is 18.1 Å². The fourth-order valence-corrected chi connectivity index (χ4v) is 2.00. The highest BCUT2D eigenvalue weighted by Crippen LogP contribution is 2.34. The maximum absolute atomic E-state index is 11.8. The largest absolute Gasteiger partial charge is 0.485 e. The molecule has 0 saturated heterocycles. The van der Waals surface area contributed by atoms with Gasteiger partial charge in [0.1, 0.15) is 5.75 Å². The molecule has 0 unspecified atom stereocenters. The van der Waals surface area contributed by atoms with Crippen molar-refractivity contribution in [3.8, 4) is 16.9 Å². The third-order valence-corrected chi connectivity index (χ3v) is 2.76.